The van der Waals surface area contributed by atoms with Gasteiger partial charge < -0.3 is 25.6 Å². The number of anilines is 1. The lowest BCUT2D eigenvalue weighted by Crippen LogP contribution is -2.55. The minimum atomic E-state index is -0.728. The number of aromatic nitrogens is 2. The summed E-state index contributed by atoms with van der Waals surface area (Å²) in [6.07, 6.45) is 1.71. The fraction of sp³-hybridized carbons (Fsp3) is 0.500. The first kappa shape index (κ1) is 30.2. The molecule has 0 aliphatic carbocycles. The van der Waals surface area contributed by atoms with Crippen molar-refractivity contribution in [3.63, 3.8) is 0 Å². The Morgan fingerprint density at radius 1 is 1.08 bits per heavy atom. The topological polar surface area (TPSA) is 146 Å². The van der Waals surface area contributed by atoms with E-state index in [4.69, 9.17) is 27.9 Å². The van der Waals surface area contributed by atoms with Crippen LogP contribution in [0.4, 0.5) is 10.5 Å². The van der Waals surface area contributed by atoms with Gasteiger partial charge in [-0.05, 0) is 51.7 Å². The first-order chi connectivity index (χ1) is 18.3. The van der Waals surface area contributed by atoms with Crippen LogP contribution in [-0.4, -0.2) is 69.7 Å². The van der Waals surface area contributed by atoms with Crippen LogP contribution >= 0.6 is 23.2 Å². The molecule has 1 aromatic carbocycles. The van der Waals surface area contributed by atoms with Crippen LogP contribution in [0.15, 0.2) is 24.4 Å². The average Bonchev–Trinajstić information content (AvgIpc) is 3.29. The number of carbonyl (C=O) groups excluding carboxylic acids is 4. The van der Waals surface area contributed by atoms with Gasteiger partial charge in [0.2, 0.25) is 5.91 Å². The van der Waals surface area contributed by atoms with E-state index in [9.17, 15) is 19.2 Å². The Kier molecular flexibility index (Phi) is 9.84. The molecule has 4 amide bonds. The Bertz CT molecular complexity index is 1200. The van der Waals surface area contributed by atoms with Gasteiger partial charge in [-0.1, -0.05) is 43.1 Å². The van der Waals surface area contributed by atoms with Crippen molar-refractivity contribution in [2.24, 2.45) is 5.92 Å². The molecule has 2 aromatic rings. The standard InChI is InChI=1S/C26H34Cl2N6O5/c1-14(2)20(32-25(38)39-26(3,4)5)24(37)34-11-9-15(10-12-34)30-23(36)21-18(13-29-33-21)31-22(35)19-16(27)7-6-8-17(19)28/h6-8,13-15,20H,9-12H2,1-5H3,(H,29,33)(H,30,36)(H,31,35)(H,32,38)/t20-/m0/s1. The number of hydrogen-bond acceptors (Lipinski definition) is 6. The van der Waals surface area contributed by atoms with Crippen LogP contribution in [0, 0.1) is 5.92 Å². The van der Waals surface area contributed by atoms with Gasteiger partial charge in [-0.2, -0.15) is 5.10 Å². The van der Waals surface area contributed by atoms with Gasteiger partial charge in [-0.3, -0.25) is 19.5 Å². The number of benzene rings is 1. The maximum absolute atomic E-state index is 13.2. The van der Waals surface area contributed by atoms with E-state index in [1.165, 1.54) is 6.20 Å². The molecule has 1 atom stereocenters. The molecule has 212 valence electrons. The predicted octanol–water partition coefficient (Wildman–Crippen LogP) is 4.24. The van der Waals surface area contributed by atoms with E-state index in [0.717, 1.165) is 0 Å². The fourth-order valence-electron chi connectivity index (χ4n) is 4.10. The molecule has 3 rings (SSSR count). The number of nitrogens with one attached hydrogen (secondary N) is 4. The second-order valence-electron chi connectivity index (χ2n) is 10.7. The van der Waals surface area contributed by atoms with Gasteiger partial charge in [0.1, 0.15) is 17.3 Å². The van der Waals surface area contributed by atoms with Gasteiger partial charge in [0, 0.05) is 19.1 Å². The highest BCUT2D eigenvalue weighted by atomic mass is 35.5. The predicted molar refractivity (Wildman–Crippen MR) is 148 cm³/mol. The molecule has 1 aromatic heterocycles. The number of halogens is 2. The van der Waals surface area contributed by atoms with Crippen molar-refractivity contribution in [1.29, 1.82) is 0 Å². The fourth-order valence-corrected chi connectivity index (χ4v) is 4.67. The summed E-state index contributed by atoms with van der Waals surface area (Å²) in [5, 5.41) is 15.1. The van der Waals surface area contributed by atoms with E-state index in [1.807, 2.05) is 13.8 Å². The molecule has 0 radical (unpaired) electrons. The summed E-state index contributed by atoms with van der Waals surface area (Å²) in [5.41, 5.74) is -0.337. The Balaban J connectivity index is 1.56. The van der Waals surface area contributed by atoms with E-state index in [0.29, 0.717) is 25.9 Å². The maximum Gasteiger partial charge on any atom is 0.408 e. The highest BCUT2D eigenvalue weighted by molar-refractivity contribution is 6.40. The molecule has 13 heteroatoms. The zero-order chi connectivity index (χ0) is 28.9. The number of nitrogens with zero attached hydrogens (tertiary/aromatic N) is 2. The van der Waals surface area contributed by atoms with Gasteiger partial charge in [0.15, 0.2) is 0 Å². The van der Waals surface area contributed by atoms with Crippen LogP contribution < -0.4 is 16.0 Å². The van der Waals surface area contributed by atoms with Gasteiger partial charge in [-0.15, -0.1) is 0 Å². The summed E-state index contributed by atoms with van der Waals surface area (Å²) in [7, 11) is 0. The minimum absolute atomic E-state index is 0.0754. The molecule has 1 aliphatic rings. The van der Waals surface area contributed by atoms with Crippen LogP contribution in [0.3, 0.4) is 0 Å². The van der Waals surface area contributed by atoms with Gasteiger partial charge in [-0.25, -0.2) is 4.79 Å². The molecular formula is C26H34Cl2N6O5. The van der Waals surface area contributed by atoms with Crippen molar-refractivity contribution in [1.82, 2.24) is 25.7 Å². The quantitative estimate of drug-likeness (QED) is 0.385. The van der Waals surface area contributed by atoms with Crippen molar-refractivity contribution >= 4 is 52.7 Å². The van der Waals surface area contributed by atoms with Crippen LogP contribution in [0.5, 0.6) is 0 Å². The Morgan fingerprint density at radius 2 is 1.69 bits per heavy atom. The molecule has 0 bridgehead atoms. The van der Waals surface area contributed by atoms with E-state index in [-0.39, 0.29) is 44.9 Å². The second-order valence-corrected chi connectivity index (χ2v) is 11.5. The third kappa shape index (κ3) is 8.09. The third-order valence-corrected chi connectivity index (χ3v) is 6.68. The number of aromatic amines is 1. The molecule has 1 fully saturated rings. The number of hydrogen-bond donors (Lipinski definition) is 4. The third-order valence-electron chi connectivity index (χ3n) is 6.05. The second kappa shape index (κ2) is 12.7. The molecule has 0 spiro atoms. The molecule has 1 aliphatic heterocycles. The van der Waals surface area contributed by atoms with Crippen LogP contribution in [0.25, 0.3) is 0 Å². The molecule has 1 saturated heterocycles. The van der Waals surface area contributed by atoms with Crippen LogP contribution in [-0.2, 0) is 9.53 Å². The zero-order valence-electron chi connectivity index (χ0n) is 22.6. The van der Waals surface area contributed by atoms with Gasteiger partial charge in [0.05, 0.1) is 27.5 Å². The Hall–Kier alpha value is -3.31. The van der Waals surface area contributed by atoms with Crippen molar-refractivity contribution in [2.45, 2.75) is 65.1 Å². The van der Waals surface area contributed by atoms with E-state index in [2.05, 4.69) is 26.1 Å². The number of ether oxygens (including phenoxy) is 1. The number of H-pyrrole nitrogens is 1. The van der Waals surface area contributed by atoms with Crippen molar-refractivity contribution in [3.05, 3.63) is 45.7 Å². The SMILES string of the molecule is CC(C)[C@H](NC(=O)OC(C)(C)C)C(=O)N1CCC(NC(=O)c2[nH]ncc2NC(=O)c2c(Cl)cccc2Cl)CC1. The normalized spacial score (nSPS) is 15.0. The number of alkyl carbamates (subject to hydrolysis) is 1. The maximum atomic E-state index is 13.2. The van der Waals surface area contributed by atoms with E-state index < -0.39 is 29.6 Å². The molecule has 0 unspecified atom stereocenters. The molecule has 2 heterocycles. The van der Waals surface area contributed by atoms with Crippen LogP contribution in [0.1, 0.15) is 68.3 Å². The summed E-state index contributed by atoms with van der Waals surface area (Å²) < 4.78 is 5.31. The molecule has 0 saturated carbocycles. The summed E-state index contributed by atoms with van der Waals surface area (Å²) >= 11 is 12.2. The molecule has 4 N–H and O–H groups in total. The number of amides is 4. The lowest BCUT2D eigenvalue weighted by atomic mass is 9.99. The first-order valence-electron chi connectivity index (χ1n) is 12.6. The van der Waals surface area contributed by atoms with Crippen molar-refractivity contribution < 1.29 is 23.9 Å². The number of likely N-dealkylation sites (tertiary alicyclic amines) is 1. The average molecular weight is 582 g/mol. The number of piperidine rings is 1. The summed E-state index contributed by atoms with van der Waals surface area (Å²) in [6, 6.07) is 3.77. The Morgan fingerprint density at radius 3 is 2.26 bits per heavy atom. The summed E-state index contributed by atoms with van der Waals surface area (Å²) in [4.78, 5) is 52.8. The van der Waals surface area contributed by atoms with E-state index in [1.54, 1.807) is 43.9 Å². The molecular weight excluding hydrogens is 547 g/mol. The Labute approximate surface area is 237 Å². The van der Waals surface area contributed by atoms with Gasteiger partial charge in [0.25, 0.3) is 11.8 Å². The van der Waals surface area contributed by atoms with Gasteiger partial charge >= 0.3 is 6.09 Å². The van der Waals surface area contributed by atoms with Crippen molar-refractivity contribution in [2.75, 3.05) is 18.4 Å². The molecule has 11 nitrogen and oxygen atoms in total. The summed E-state index contributed by atoms with van der Waals surface area (Å²) in [5.74, 6) is -1.37. The van der Waals surface area contributed by atoms with Crippen molar-refractivity contribution in [3.8, 4) is 0 Å². The number of carbonyl (C=O) groups is 4. The largest absolute Gasteiger partial charge is 0.444 e. The highest BCUT2D eigenvalue weighted by Crippen LogP contribution is 2.26. The highest BCUT2D eigenvalue weighted by Gasteiger charge is 2.33. The first-order valence-corrected chi connectivity index (χ1v) is 13.4. The monoisotopic (exact) mass is 580 g/mol. The smallest absolute Gasteiger partial charge is 0.408 e. The lowest BCUT2D eigenvalue weighted by molar-refractivity contribution is -0.135. The molecule has 39 heavy (non-hydrogen) atoms. The summed E-state index contributed by atoms with van der Waals surface area (Å²) in [6.45, 7) is 9.79. The van der Waals surface area contributed by atoms with E-state index >= 15 is 0 Å². The minimum Gasteiger partial charge on any atom is -0.444 e. The zero-order valence-corrected chi connectivity index (χ0v) is 24.1. The van der Waals surface area contributed by atoms with Crippen LogP contribution in [0.2, 0.25) is 10.0 Å². The number of rotatable bonds is 7. The lowest BCUT2D eigenvalue weighted by Gasteiger charge is -2.35.